The Hall–Kier alpha value is -1.43. The molecule has 0 bridgehead atoms. The van der Waals surface area contributed by atoms with Crippen molar-refractivity contribution in [3.8, 4) is 0 Å². The molecule has 130 valence electrons. The second-order valence-corrected chi connectivity index (χ2v) is 7.96. The van der Waals surface area contributed by atoms with Crippen LogP contribution < -0.4 is 11.1 Å². The van der Waals surface area contributed by atoms with E-state index >= 15 is 0 Å². The lowest BCUT2D eigenvalue weighted by molar-refractivity contribution is -0.141. The molecular weight excluding hydrogens is 294 g/mol. The number of aldehydes is 1. The van der Waals surface area contributed by atoms with Crippen molar-refractivity contribution in [3.05, 3.63) is 0 Å². The van der Waals surface area contributed by atoms with Crippen LogP contribution in [0.25, 0.3) is 0 Å². The molecule has 6 nitrogen and oxygen atoms in total. The molecule has 2 fully saturated rings. The highest BCUT2D eigenvalue weighted by Crippen LogP contribution is 2.33. The fourth-order valence-corrected chi connectivity index (χ4v) is 2.99. The predicted octanol–water partition coefficient (Wildman–Crippen LogP) is 0.835. The summed E-state index contributed by atoms with van der Waals surface area (Å²) in [6.07, 6.45) is 5.19. The molecule has 0 spiro atoms. The minimum atomic E-state index is -0.635. The molecule has 23 heavy (non-hydrogen) atoms. The first-order chi connectivity index (χ1) is 10.7. The van der Waals surface area contributed by atoms with Gasteiger partial charge in [0.1, 0.15) is 12.3 Å². The van der Waals surface area contributed by atoms with Gasteiger partial charge in [-0.25, -0.2) is 0 Å². The molecule has 3 atom stereocenters. The van der Waals surface area contributed by atoms with Crippen molar-refractivity contribution in [1.29, 1.82) is 0 Å². The molecule has 1 aliphatic carbocycles. The third-order valence-corrected chi connectivity index (χ3v) is 4.81. The molecule has 0 aromatic rings. The second kappa shape index (κ2) is 6.99. The predicted molar refractivity (Wildman–Crippen MR) is 87.5 cm³/mol. The summed E-state index contributed by atoms with van der Waals surface area (Å²) in [5.41, 5.74) is 5.71. The van der Waals surface area contributed by atoms with E-state index in [9.17, 15) is 14.4 Å². The summed E-state index contributed by atoms with van der Waals surface area (Å²) in [7, 11) is 0. The van der Waals surface area contributed by atoms with Crippen LogP contribution in [0.1, 0.15) is 52.9 Å². The molecule has 1 aliphatic heterocycles. The first-order valence-electron chi connectivity index (χ1n) is 8.55. The van der Waals surface area contributed by atoms with E-state index < -0.39 is 18.1 Å². The third-order valence-electron chi connectivity index (χ3n) is 4.81. The number of likely N-dealkylation sites (tertiary alicyclic amines) is 1. The minimum absolute atomic E-state index is 0.181. The number of rotatable bonds is 6. The van der Waals surface area contributed by atoms with Gasteiger partial charge in [-0.1, -0.05) is 33.6 Å². The van der Waals surface area contributed by atoms with Crippen LogP contribution in [0, 0.1) is 11.3 Å². The van der Waals surface area contributed by atoms with Crippen LogP contribution in [0.2, 0.25) is 0 Å². The minimum Gasteiger partial charge on any atom is -0.345 e. The van der Waals surface area contributed by atoms with Gasteiger partial charge < -0.3 is 20.7 Å². The second-order valence-electron chi connectivity index (χ2n) is 7.96. The van der Waals surface area contributed by atoms with Gasteiger partial charge in [0.2, 0.25) is 11.8 Å². The number of hydrogen-bond acceptors (Lipinski definition) is 4. The average molecular weight is 323 g/mol. The van der Waals surface area contributed by atoms with E-state index in [2.05, 4.69) is 5.32 Å². The van der Waals surface area contributed by atoms with Crippen molar-refractivity contribution in [2.45, 2.75) is 71.0 Å². The van der Waals surface area contributed by atoms with Crippen LogP contribution in [0.4, 0.5) is 0 Å². The zero-order valence-electron chi connectivity index (χ0n) is 14.4. The van der Waals surface area contributed by atoms with Crippen molar-refractivity contribution in [2.75, 3.05) is 6.54 Å². The Balaban J connectivity index is 1.98. The monoisotopic (exact) mass is 323 g/mol. The van der Waals surface area contributed by atoms with Gasteiger partial charge in [0, 0.05) is 6.54 Å². The molecule has 0 radical (unpaired) electrons. The van der Waals surface area contributed by atoms with E-state index in [0.717, 1.165) is 25.5 Å². The normalized spacial score (nSPS) is 24.2. The number of carbonyl (C=O) groups excluding carboxylic acids is 3. The van der Waals surface area contributed by atoms with Crippen LogP contribution in [0.3, 0.4) is 0 Å². The van der Waals surface area contributed by atoms with E-state index in [4.69, 9.17) is 5.73 Å². The van der Waals surface area contributed by atoms with Crippen LogP contribution in [-0.2, 0) is 14.4 Å². The van der Waals surface area contributed by atoms with Gasteiger partial charge in [-0.15, -0.1) is 0 Å². The topological polar surface area (TPSA) is 92.5 Å². The average Bonchev–Trinajstić information content (AvgIpc) is 3.16. The summed E-state index contributed by atoms with van der Waals surface area (Å²) >= 11 is 0. The lowest BCUT2D eigenvalue weighted by Crippen LogP contribution is -2.55. The molecule has 1 heterocycles. The Bertz CT molecular complexity index is 468. The highest BCUT2D eigenvalue weighted by Gasteiger charge is 2.40. The molecule has 6 heteroatoms. The SMILES string of the molecule is CC(C)(C)[C@H](N)C(=O)N1CCC[C@H]1C(=O)NC(C=O)CC1CC1. The van der Waals surface area contributed by atoms with Crippen molar-refractivity contribution in [2.24, 2.45) is 17.1 Å². The summed E-state index contributed by atoms with van der Waals surface area (Å²) in [5.74, 6) is 0.149. The number of amides is 2. The molecule has 3 N–H and O–H groups in total. The summed E-state index contributed by atoms with van der Waals surface area (Å²) in [6.45, 7) is 6.30. The van der Waals surface area contributed by atoms with Crippen molar-refractivity contribution in [1.82, 2.24) is 10.2 Å². The highest BCUT2D eigenvalue weighted by atomic mass is 16.2. The summed E-state index contributed by atoms with van der Waals surface area (Å²) in [6, 6.07) is -1.58. The zero-order chi connectivity index (χ0) is 17.2. The summed E-state index contributed by atoms with van der Waals surface area (Å²) in [5, 5.41) is 2.80. The van der Waals surface area contributed by atoms with E-state index in [0.29, 0.717) is 25.3 Å². The Morgan fingerprint density at radius 3 is 2.48 bits per heavy atom. The first-order valence-corrected chi connectivity index (χ1v) is 8.55. The van der Waals surface area contributed by atoms with Crippen LogP contribution in [0.5, 0.6) is 0 Å². The lowest BCUT2D eigenvalue weighted by atomic mass is 9.86. The van der Waals surface area contributed by atoms with E-state index in [1.54, 1.807) is 4.90 Å². The Labute approximate surface area is 138 Å². The highest BCUT2D eigenvalue weighted by molar-refractivity contribution is 5.91. The number of nitrogens with two attached hydrogens (primary N) is 1. The molecule has 1 unspecified atom stereocenters. The molecular formula is C17H29N3O3. The molecule has 2 rings (SSSR count). The molecule has 0 aromatic heterocycles. The quantitative estimate of drug-likeness (QED) is 0.708. The smallest absolute Gasteiger partial charge is 0.243 e. The molecule has 2 amide bonds. The summed E-state index contributed by atoms with van der Waals surface area (Å²) < 4.78 is 0. The molecule has 0 aromatic carbocycles. The van der Waals surface area contributed by atoms with E-state index in [-0.39, 0.29) is 17.2 Å². The van der Waals surface area contributed by atoms with Crippen molar-refractivity contribution < 1.29 is 14.4 Å². The van der Waals surface area contributed by atoms with Crippen LogP contribution in [0.15, 0.2) is 0 Å². The standard InChI is InChI=1S/C17H29N3O3/c1-17(2,3)14(18)16(23)20-8-4-5-13(20)15(22)19-12(10-21)9-11-6-7-11/h10-14H,4-9,18H2,1-3H3,(H,19,22)/t12?,13-,14+/m0/s1. The Kier molecular flexibility index (Phi) is 5.45. The van der Waals surface area contributed by atoms with Crippen molar-refractivity contribution >= 4 is 18.1 Å². The maximum Gasteiger partial charge on any atom is 0.243 e. The maximum atomic E-state index is 12.6. The number of hydrogen-bond donors (Lipinski definition) is 2. The lowest BCUT2D eigenvalue weighted by Gasteiger charge is -2.32. The number of nitrogens with zero attached hydrogens (tertiary/aromatic N) is 1. The fourth-order valence-electron chi connectivity index (χ4n) is 2.99. The van der Waals surface area contributed by atoms with Crippen LogP contribution >= 0.6 is 0 Å². The fraction of sp³-hybridized carbons (Fsp3) is 0.824. The van der Waals surface area contributed by atoms with Gasteiger partial charge in [-0.3, -0.25) is 9.59 Å². The van der Waals surface area contributed by atoms with Gasteiger partial charge in [0.25, 0.3) is 0 Å². The van der Waals surface area contributed by atoms with Gasteiger partial charge in [0.05, 0.1) is 12.1 Å². The van der Waals surface area contributed by atoms with Crippen LogP contribution in [-0.4, -0.2) is 47.7 Å². The number of carbonyl (C=O) groups is 3. The maximum absolute atomic E-state index is 12.6. The van der Waals surface area contributed by atoms with E-state index in [1.807, 2.05) is 20.8 Å². The molecule has 1 saturated carbocycles. The Morgan fingerprint density at radius 1 is 1.30 bits per heavy atom. The molecule has 1 saturated heterocycles. The van der Waals surface area contributed by atoms with Gasteiger partial charge >= 0.3 is 0 Å². The Morgan fingerprint density at radius 2 is 1.96 bits per heavy atom. The first kappa shape index (κ1) is 17.9. The van der Waals surface area contributed by atoms with Crippen molar-refractivity contribution in [3.63, 3.8) is 0 Å². The number of nitrogens with one attached hydrogen (secondary N) is 1. The van der Waals surface area contributed by atoms with E-state index in [1.165, 1.54) is 0 Å². The van der Waals surface area contributed by atoms with Gasteiger partial charge in [-0.2, -0.15) is 0 Å². The molecule has 2 aliphatic rings. The summed E-state index contributed by atoms with van der Waals surface area (Å²) in [4.78, 5) is 37.8. The third kappa shape index (κ3) is 4.53. The van der Waals surface area contributed by atoms with Gasteiger partial charge in [-0.05, 0) is 30.6 Å². The zero-order valence-corrected chi connectivity index (χ0v) is 14.4. The largest absolute Gasteiger partial charge is 0.345 e. The van der Waals surface area contributed by atoms with Gasteiger partial charge in [0.15, 0.2) is 0 Å².